The molecule has 0 radical (unpaired) electrons. The maximum absolute atomic E-state index is 12.2. The van der Waals surface area contributed by atoms with Gasteiger partial charge >= 0.3 is 0 Å². The van der Waals surface area contributed by atoms with Gasteiger partial charge in [0.25, 0.3) is 0 Å². The smallest absolute Gasteiger partial charge is 0.233 e. The van der Waals surface area contributed by atoms with E-state index in [9.17, 15) is 4.79 Å². The summed E-state index contributed by atoms with van der Waals surface area (Å²) in [6.45, 7) is 6.14. The van der Waals surface area contributed by atoms with Gasteiger partial charge in [-0.15, -0.1) is 10.2 Å². The van der Waals surface area contributed by atoms with Crippen LogP contribution in [0.4, 0.5) is 0 Å². The number of carbonyl (C=O) groups is 1. The Bertz CT molecular complexity index is 659. The largest absolute Gasteiger partial charge is 0.342 e. The summed E-state index contributed by atoms with van der Waals surface area (Å²) in [5.41, 5.74) is 2.33. The van der Waals surface area contributed by atoms with Crippen molar-refractivity contribution in [2.75, 3.05) is 18.8 Å². The summed E-state index contributed by atoms with van der Waals surface area (Å²) in [7, 11) is 0. The first kappa shape index (κ1) is 16.1. The van der Waals surface area contributed by atoms with Gasteiger partial charge in [-0.05, 0) is 36.5 Å². The summed E-state index contributed by atoms with van der Waals surface area (Å²) >= 11 is 1.45. The molecule has 0 atom stereocenters. The van der Waals surface area contributed by atoms with Gasteiger partial charge in [-0.1, -0.05) is 37.7 Å². The first-order chi connectivity index (χ1) is 11.1. The lowest BCUT2D eigenvalue weighted by Gasteiger charge is -2.14. The summed E-state index contributed by atoms with van der Waals surface area (Å²) in [4.78, 5) is 14.1. The summed E-state index contributed by atoms with van der Waals surface area (Å²) < 4.78 is 1.94. The second-order valence-corrected chi connectivity index (χ2v) is 7.05. The molecule has 23 heavy (non-hydrogen) atoms. The van der Waals surface area contributed by atoms with Crippen molar-refractivity contribution in [3.8, 4) is 5.69 Å². The molecule has 1 saturated heterocycles. The van der Waals surface area contributed by atoms with Crippen molar-refractivity contribution in [1.29, 1.82) is 0 Å². The number of amides is 1. The van der Waals surface area contributed by atoms with E-state index in [-0.39, 0.29) is 5.91 Å². The Hall–Kier alpha value is -1.82. The monoisotopic (exact) mass is 330 g/mol. The van der Waals surface area contributed by atoms with E-state index in [1.165, 1.54) is 17.3 Å². The molecular formula is C17H22N4OS. The standard InChI is InChI=1S/C17H22N4OS/c1-13(2)14-5-7-15(8-6-14)21-12-18-19-17(21)23-11-16(22)20-9-3-4-10-20/h5-8,12-13H,3-4,9-11H2,1-2H3. The van der Waals surface area contributed by atoms with Crippen LogP contribution in [-0.4, -0.2) is 44.4 Å². The Labute approximate surface area is 141 Å². The molecular weight excluding hydrogens is 308 g/mol. The van der Waals surface area contributed by atoms with Crippen LogP contribution in [0.2, 0.25) is 0 Å². The lowest BCUT2D eigenvalue weighted by molar-refractivity contribution is -0.127. The lowest BCUT2D eigenvalue weighted by Crippen LogP contribution is -2.29. The number of hydrogen-bond acceptors (Lipinski definition) is 4. The van der Waals surface area contributed by atoms with E-state index in [1.54, 1.807) is 6.33 Å². The predicted octanol–water partition coefficient (Wildman–Crippen LogP) is 3.11. The third-order valence-corrected chi connectivity index (χ3v) is 5.07. The van der Waals surface area contributed by atoms with E-state index in [0.717, 1.165) is 36.8 Å². The minimum Gasteiger partial charge on any atom is -0.342 e. The van der Waals surface area contributed by atoms with Gasteiger partial charge in [0.15, 0.2) is 5.16 Å². The molecule has 1 fully saturated rings. The van der Waals surface area contributed by atoms with Crippen LogP contribution in [0.5, 0.6) is 0 Å². The molecule has 0 saturated carbocycles. The van der Waals surface area contributed by atoms with Crippen molar-refractivity contribution in [2.45, 2.75) is 37.8 Å². The number of thioether (sulfide) groups is 1. The third kappa shape index (κ3) is 3.75. The summed E-state index contributed by atoms with van der Waals surface area (Å²) in [6.07, 6.45) is 3.94. The minimum atomic E-state index is 0.192. The number of nitrogens with zero attached hydrogens (tertiary/aromatic N) is 4. The molecule has 3 rings (SSSR count). The second-order valence-electron chi connectivity index (χ2n) is 6.11. The topological polar surface area (TPSA) is 51.0 Å². The average molecular weight is 330 g/mol. The first-order valence-corrected chi connectivity index (χ1v) is 9.04. The Morgan fingerprint density at radius 2 is 1.91 bits per heavy atom. The molecule has 1 aliphatic heterocycles. The molecule has 1 amide bonds. The first-order valence-electron chi connectivity index (χ1n) is 8.06. The molecule has 0 aliphatic carbocycles. The quantitative estimate of drug-likeness (QED) is 0.791. The SMILES string of the molecule is CC(C)c1ccc(-n2cnnc2SCC(=O)N2CCCC2)cc1. The second kappa shape index (κ2) is 7.17. The molecule has 2 heterocycles. The molecule has 0 spiro atoms. The molecule has 122 valence electrons. The number of aromatic nitrogens is 3. The van der Waals surface area contributed by atoms with Crippen molar-refractivity contribution in [2.24, 2.45) is 0 Å². The number of carbonyl (C=O) groups excluding carboxylic acids is 1. The van der Waals surface area contributed by atoms with Crippen LogP contribution in [0, 0.1) is 0 Å². The van der Waals surface area contributed by atoms with Gasteiger partial charge in [0.05, 0.1) is 5.75 Å². The molecule has 1 aliphatic rings. The van der Waals surface area contributed by atoms with E-state index >= 15 is 0 Å². The molecule has 1 aromatic carbocycles. The number of benzene rings is 1. The van der Waals surface area contributed by atoms with Crippen molar-refractivity contribution >= 4 is 17.7 Å². The zero-order chi connectivity index (χ0) is 16.2. The molecule has 1 aromatic heterocycles. The zero-order valence-electron chi connectivity index (χ0n) is 13.6. The number of rotatable bonds is 5. The van der Waals surface area contributed by atoms with E-state index < -0.39 is 0 Å². The van der Waals surface area contributed by atoms with Crippen molar-refractivity contribution in [1.82, 2.24) is 19.7 Å². The molecule has 0 unspecified atom stereocenters. The van der Waals surface area contributed by atoms with Crippen molar-refractivity contribution in [3.63, 3.8) is 0 Å². The van der Waals surface area contributed by atoms with Crippen LogP contribution in [0.3, 0.4) is 0 Å². The van der Waals surface area contributed by atoms with Gasteiger partial charge in [0.1, 0.15) is 6.33 Å². The zero-order valence-corrected chi connectivity index (χ0v) is 14.4. The molecule has 0 bridgehead atoms. The fourth-order valence-corrected chi connectivity index (χ4v) is 3.54. The minimum absolute atomic E-state index is 0.192. The average Bonchev–Trinajstić information content (AvgIpc) is 3.24. The number of likely N-dealkylation sites (tertiary alicyclic amines) is 1. The van der Waals surface area contributed by atoms with Crippen LogP contribution in [0.1, 0.15) is 38.2 Å². The van der Waals surface area contributed by atoms with E-state index in [0.29, 0.717) is 11.7 Å². The normalized spacial score (nSPS) is 14.7. The fourth-order valence-electron chi connectivity index (χ4n) is 2.70. The highest BCUT2D eigenvalue weighted by molar-refractivity contribution is 7.99. The fraction of sp³-hybridized carbons (Fsp3) is 0.471. The van der Waals surface area contributed by atoms with Gasteiger partial charge < -0.3 is 4.90 Å². The van der Waals surface area contributed by atoms with Crippen LogP contribution in [0.25, 0.3) is 5.69 Å². The lowest BCUT2D eigenvalue weighted by atomic mass is 10.0. The highest BCUT2D eigenvalue weighted by Gasteiger charge is 2.19. The third-order valence-electron chi connectivity index (χ3n) is 4.14. The van der Waals surface area contributed by atoms with Gasteiger partial charge in [0.2, 0.25) is 5.91 Å². The van der Waals surface area contributed by atoms with Crippen molar-refractivity contribution < 1.29 is 4.79 Å². The van der Waals surface area contributed by atoms with Crippen LogP contribution < -0.4 is 0 Å². The van der Waals surface area contributed by atoms with Crippen LogP contribution in [0.15, 0.2) is 35.7 Å². The highest BCUT2D eigenvalue weighted by Crippen LogP contribution is 2.22. The Balaban J connectivity index is 1.68. The Morgan fingerprint density at radius 1 is 1.22 bits per heavy atom. The maximum atomic E-state index is 12.2. The van der Waals surface area contributed by atoms with E-state index in [1.807, 2.05) is 9.47 Å². The van der Waals surface area contributed by atoms with Gasteiger partial charge in [0, 0.05) is 18.8 Å². The van der Waals surface area contributed by atoms with E-state index in [4.69, 9.17) is 0 Å². The number of hydrogen-bond donors (Lipinski definition) is 0. The van der Waals surface area contributed by atoms with Gasteiger partial charge in [-0.2, -0.15) is 0 Å². The summed E-state index contributed by atoms with van der Waals surface area (Å²) in [5, 5.41) is 8.91. The van der Waals surface area contributed by atoms with Crippen LogP contribution >= 0.6 is 11.8 Å². The molecule has 2 aromatic rings. The van der Waals surface area contributed by atoms with Crippen molar-refractivity contribution in [3.05, 3.63) is 36.2 Å². The maximum Gasteiger partial charge on any atom is 0.233 e. The molecule has 0 N–H and O–H groups in total. The predicted molar refractivity (Wildman–Crippen MR) is 92.0 cm³/mol. The van der Waals surface area contributed by atoms with E-state index in [2.05, 4.69) is 48.3 Å². The van der Waals surface area contributed by atoms with Gasteiger partial charge in [-0.3, -0.25) is 9.36 Å². The Kier molecular flexibility index (Phi) is 5.00. The molecule has 5 nitrogen and oxygen atoms in total. The van der Waals surface area contributed by atoms with Gasteiger partial charge in [-0.25, -0.2) is 0 Å². The summed E-state index contributed by atoms with van der Waals surface area (Å²) in [6, 6.07) is 8.41. The highest BCUT2D eigenvalue weighted by atomic mass is 32.2. The molecule has 6 heteroatoms. The summed E-state index contributed by atoms with van der Waals surface area (Å²) in [5.74, 6) is 1.12. The van der Waals surface area contributed by atoms with Crippen LogP contribution in [-0.2, 0) is 4.79 Å². The Morgan fingerprint density at radius 3 is 2.57 bits per heavy atom.